The third-order valence-corrected chi connectivity index (χ3v) is 5.65. The number of nitrogens with two attached hydrogens (primary N) is 1. The summed E-state index contributed by atoms with van der Waals surface area (Å²) in [5.74, 6) is 0.847. The van der Waals surface area contributed by atoms with E-state index in [9.17, 15) is 4.79 Å². The van der Waals surface area contributed by atoms with E-state index in [1.807, 2.05) is 18.2 Å². The number of carbonyl (C=O) groups excluding carboxylic acids is 1. The second-order valence-corrected chi connectivity index (χ2v) is 6.75. The predicted molar refractivity (Wildman–Crippen MR) is 84.6 cm³/mol. The van der Waals surface area contributed by atoms with E-state index in [0.717, 1.165) is 23.9 Å². The first kappa shape index (κ1) is 13.9. The maximum absolute atomic E-state index is 12.8. The highest BCUT2D eigenvalue weighted by molar-refractivity contribution is 9.10. The summed E-state index contributed by atoms with van der Waals surface area (Å²) in [6.07, 6.45) is 7.51. The van der Waals surface area contributed by atoms with E-state index in [1.54, 1.807) is 0 Å². The van der Waals surface area contributed by atoms with E-state index >= 15 is 0 Å². The summed E-state index contributed by atoms with van der Waals surface area (Å²) in [6, 6.07) is 5.98. The van der Waals surface area contributed by atoms with E-state index in [4.69, 9.17) is 5.73 Å². The Labute approximate surface area is 128 Å². The molecule has 1 atom stereocenters. The molecular formula is C16H21BrN2O. The van der Waals surface area contributed by atoms with E-state index in [-0.39, 0.29) is 5.91 Å². The van der Waals surface area contributed by atoms with Crippen molar-refractivity contribution >= 4 is 27.5 Å². The number of nitrogen functional groups attached to an aromatic ring is 1. The topological polar surface area (TPSA) is 46.3 Å². The number of rotatable bonds is 2. The monoisotopic (exact) mass is 336 g/mol. The van der Waals surface area contributed by atoms with Gasteiger partial charge in [-0.05, 0) is 59.7 Å². The molecule has 2 fully saturated rings. The van der Waals surface area contributed by atoms with Gasteiger partial charge in [-0.15, -0.1) is 0 Å². The van der Waals surface area contributed by atoms with E-state index in [0.29, 0.717) is 23.2 Å². The van der Waals surface area contributed by atoms with Crippen molar-refractivity contribution in [2.45, 2.75) is 44.6 Å². The first-order chi connectivity index (χ1) is 9.68. The quantitative estimate of drug-likeness (QED) is 0.834. The Hall–Kier alpha value is -1.03. The van der Waals surface area contributed by atoms with Gasteiger partial charge < -0.3 is 10.6 Å². The normalized spacial score (nSPS) is 23.4. The summed E-state index contributed by atoms with van der Waals surface area (Å²) < 4.78 is 0.738. The van der Waals surface area contributed by atoms with Gasteiger partial charge in [-0.2, -0.15) is 0 Å². The molecule has 20 heavy (non-hydrogen) atoms. The molecule has 1 saturated heterocycles. The number of anilines is 1. The van der Waals surface area contributed by atoms with Gasteiger partial charge in [0.25, 0.3) is 5.91 Å². The molecule has 0 radical (unpaired) electrons. The summed E-state index contributed by atoms with van der Waals surface area (Å²) >= 11 is 3.46. The van der Waals surface area contributed by atoms with Gasteiger partial charge in [0.1, 0.15) is 0 Å². The van der Waals surface area contributed by atoms with Gasteiger partial charge >= 0.3 is 0 Å². The van der Waals surface area contributed by atoms with Crippen molar-refractivity contribution in [2.24, 2.45) is 5.92 Å². The number of amides is 1. The molecule has 0 spiro atoms. The van der Waals surface area contributed by atoms with Crippen LogP contribution in [-0.2, 0) is 0 Å². The fourth-order valence-electron chi connectivity index (χ4n) is 3.75. The smallest absolute Gasteiger partial charge is 0.255 e. The third kappa shape index (κ3) is 2.46. The van der Waals surface area contributed by atoms with Crippen LogP contribution in [0.15, 0.2) is 22.7 Å². The van der Waals surface area contributed by atoms with Crippen LogP contribution in [0.5, 0.6) is 0 Å². The average molecular weight is 337 g/mol. The number of carbonyl (C=O) groups is 1. The molecule has 1 aliphatic heterocycles. The number of halogens is 1. The highest BCUT2D eigenvalue weighted by atomic mass is 79.9. The largest absolute Gasteiger partial charge is 0.398 e. The third-order valence-electron chi connectivity index (χ3n) is 4.76. The summed E-state index contributed by atoms with van der Waals surface area (Å²) in [5.41, 5.74) is 7.23. The number of hydrogen-bond donors (Lipinski definition) is 1. The van der Waals surface area contributed by atoms with E-state index in [1.165, 1.54) is 25.7 Å². The minimum atomic E-state index is 0.138. The molecule has 1 heterocycles. The molecule has 1 unspecified atom stereocenters. The molecule has 1 amide bonds. The van der Waals surface area contributed by atoms with Gasteiger partial charge in [0.2, 0.25) is 0 Å². The van der Waals surface area contributed by atoms with Crippen LogP contribution in [0.1, 0.15) is 48.9 Å². The number of benzene rings is 1. The highest BCUT2D eigenvalue weighted by Gasteiger charge is 2.36. The number of likely N-dealkylation sites (tertiary alicyclic amines) is 1. The Morgan fingerprint density at radius 3 is 2.70 bits per heavy atom. The summed E-state index contributed by atoms with van der Waals surface area (Å²) in [6.45, 7) is 0.890. The Balaban J connectivity index is 1.83. The molecule has 0 bridgehead atoms. The summed E-state index contributed by atoms with van der Waals surface area (Å²) in [7, 11) is 0. The Bertz CT molecular complexity index is 511. The minimum Gasteiger partial charge on any atom is -0.398 e. The second-order valence-electron chi connectivity index (χ2n) is 5.96. The number of hydrogen-bond acceptors (Lipinski definition) is 2. The van der Waals surface area contributed by atoms with Gasteiger partial charge in [0.15, 0.2) is 0 Å². The standard InChI is InChI=1S/C16H21BrN2O/c17-15-12(7-3-8-13(15)18)16(20)19-10-4-9-14(19)11-5-1-2-6-11/h3,7-8,11,14H,1-2,4-6,9-10,18H2. The first-order valence-corrected chi connectivity index (χ1v) is 8.32. The molecule has 2 aliphatic rings. The van der Waals surface area contributed by atoms with Crippen molar-refractivity contribution in [3.8, 4) is 0 Å². The molecular weight excluding hydrogens is 316 g/mol. The summed E-state index contributed by atoms with van der Waals surface area (Å²) in [5, 5.41) is 0. The SMILES string of the molecule is Nc1cccc(C(=O)N2CCCC2C2CCCC2)c1Br. The maximum Gasteiger partial charge on any atom is 0.255 e. The lowest BCUT2D eigenvalue weighted by atomic mass is 9.95. The van der Waals surface area contributed by atoms with Crippen LogP contribution in [0.25, 0.3) is 0 Å². The van der Waals surface area contributed by atoms with Crippen molar-refractivity contribution in [2.75, 3.05) is 12.3 Å². The van der Waals surface area contributed by atoms with Crippen molar-refractivity contribution < 1.29 is 4.79 Å². The molecule has 1 aromatic carbocycles. The zero-order valence-corrected chi connectivity index (χ0v) is 13.2. The fourth-order valence-corrected chi connectivity index (χ4v) is 4.18. The van der Waals surface area contributed by atoms with Gasteiger partial charge in [-0.1, -0.05) is 18.9 Å². The van der Waals surface area contributed by atoms with Crippen LogP contribution >= 0.6 is 15.9 Å². The van der Waals surface area contributed by atoms with E-state index < -0.39 is 0 Å². The highest BCUT2D eigenvalue weighted by Crippen LogP contribution is 2.37. The molecule has 108 valence electrons. The zero-order valence-electron chi connectivity index (χ0n) is 11.6. The molecule has 2 N–H and O–H groups in total. The van der Waals surface area contributed by atoms with Gasteiger partial charge in [-0.3, -0.25) is 4.79 Å². The van der Waals surface area contributed by atoms with Gasteiger partial charge in [-0.25, -0.2) is 0 Å². The van der Waals surface area contributed by atoms with Gasteiger partial charge in [0.05, 0.1) is 10.0 Å². The van der Waals surface area contributed by atoms with Crippen LogP contribution < -0.4 is 5.73 Å². The van der Waals surface area contributed by atoms with Crippen molar-refractivity contribution in [1.82, 2.24) is 4.90 Å². The molecule has 0 aromatic heterocycles. The molecule has 3 nitrogen and oxygen atoms in total. The zero-order chi connectivity index (χ0) is 14.1. The summed E-state index contributed by atoms with van der Waals surface area (Å²) in [4.78, 5) is 14.9. The van der Waals surface area contributed by atoms with Crippen LogP contribution in [0.3, 0.4) is 0 Å². The number of nitrogens with zero attached hydrogens (tertiary/aromatic N) is 1. The Morgan fingerprint density at radius 1 is 1.20 bits per heavy atom. The molecule has 3 rings (SSSR count). The van der Waals surface area contributed by atoms with Crippen molar-refractivity contribution in [1.29, 1.82) is 0 Å². The maximum atomic E-state index is 12.8. The Morgan fingerprint density at radius 2 is 1.95 bits per heavy atom. The fraction of sp³-hybridized carbons (Fsp3) is 0.562. The molecule has 1 aromatic rings. The predicted octanol–water partition coefficient (Wildman–Crippen LogP) is 3.83. The molecule has 4 heteroatoms. The molecule has 1 saturated carbocycles. The van der Waals surface area contributed by atoms with Crippen molar-refractivity contribution in [3.63, 3.8) is 0 Å². The first-order valence-electron chi connectivity index (χ1n) is 7.53. The van der Waals surface area contributed by atoms with Crippen molar-refractivity contribution in [3.05, 3.63) is 28.2 Å². The lowest BCUT2D eigenvalue weighted by Gasteiger charge is -2.30. The lowest BCUT2D eigenvalue weighted by molar-refractivity contribution is 0.0688. The van der Waals surface area contributed by atoms with Crippen LogP contribution in [0.2, 0.25) is 0 Å². The van der Waals surface area contributed by atoms with Gasteiger partial charge in [0, 0.05) is 18.3 Å². The average Bonchev–Trinajstić information content (AvgIpc) is 3.10. The Kier molecular flexibility index (Phi) is 4.01. The van der Waals surface area contributed by atoms with Crippen LogP contribution in [-0.4, -0.2) is 23.4 Å². The van der Waals surface area contributed by atoms with Crippen LogP contribution in [0, 0.1) is 5.92 Å². The van der Waals surface area contributed by atoms with Crippen LogP contribution in [0.4, 0.5) is 5.69 Å². The molecule has 1 aliphatic carbocycles. The van der Waals surface area contributed by atoms with E-state index in [2.05, 4.69) is 20.8 Å². The second kappa shape index (κ2) is 5.76. The minimum absolute atomic E-state index is 0.138. The lowest BCUT2D eigenvalue weighted by Crippen LogP contribution is -2.39.